The van der Waals surface area contributed by atoms with Gasteiger partial charge in [-0.25, -0.2) is 9.97 Å². The third-order valence-electron chi connectivity index (χ3n) is 2.74. The van der Waals surface area contributed by atoms with Crippen LogP contribution in [-0.4, -0.2) is 42.6 Å². The summed E-state index contributed by atoms with van der Waals surface area (Å²) in [5.41, 5.74) is 0. The fraction of sp³-hybridized carbons (Fsp3) is 0.643. The number of methoxy groups -OCH3 is 1. The Labute approximate surface area is 125 Å². The number of hydrogen-bond acceptors (Lipinski definition) is 6. The van der Waals surface area contributed by atoms with Crippen molar-refractivity contribution in [2.24, 2.45) is 5.92 Å². The van der Waals surface area contributed by atoms with Gasteiger partial charge in [0.15, 0.2) is 5.82 Å². The predicted molar refractivity (Wildman–Crippen MR) is 83.2 cm³/mol. The maximum Gasteiger partial charge on any atom is 0.242 e. The van der Waals surface area contributed by atoms with Gasteiger partial charge in [0.25, 0.3) is 0 Å². The molecule has 0 spiro atoms. The topological polar surface area (TPSA) is 88.2 Å². The largest absolute Gasteiger partial charge is 0.377 e. The van der Waals surface area contributed by atoms with Gasteiger partial charge in [0.05, 0.1) is 0 Å². The van der Waals surface area contributed by atoms with Crippen LogP contribution in [0.25, 0.3) is 0 Å². The molecular weight excluding hydrogens is 270 g/mol. The number of anilines is 2. The van der Waals surface area contributed by atoms with E-state index in [0.717, 1.165) is 0 Å². The Morgan fingerprint density at radius 2 is 1.95 bits per heavy atom. The molecule has 0 aliphatic rings. The molecule has 1 rings (SSSR count). The lowest BCUT2D eigenvalue weighted by atomic mass is 10.2. The molecule has 7 heteroatoms. The van der Waals surface area contributed by atoms with Crippen molar-refractivity contribution in [3.63, 3.8) is 0 Å². The van der Waals surface area contributed by atoms with E-state index in [-0.39, 0.29) is 11.9 Å². The van der Waals surface area contributed by atoms with E-state index in [1.807, 2.05) is 0 Å². The Morgan fingerprint density at radius 3 is 2.52 bits per heavy atom. The number of carbonyl (C=O) groups is 1. The Kier molecular flexibility index (Phi) is 6.87. The van der Waals surface area contributed by atoms with Crippen LogP contribution in [-0.2, 0) is 16.1 Å². The van der Waals surface area contributed by atoms with Crippen LogP contribution < -0.4 is 16.0 Å². The number of carbonyl (C=O) groups excluding carboxylic acids is 1. The quantitative estimate of drug-likeness (QED) is 0.669. The molecule has 0 radical (unpaired) electrons. The SMILES string of the molecule is CNc1cc(NC(C)C(=O)NCC(C)C)nc(COC)n1. The van der Waals surface area contributed by atoms with E-state index < -0.39 is 0 Å². The van der Waals surface area contributed by atoms with Crippen LogP contribution in [0.4, 0.5) is 11.6 Å². The molecule has 1 aromatic heterocycles. The Balaban J connectivity index is 2.72. The summed E-state index contributed by atoms with van der Waals surface area (Å²) in [5.74, 6) is 2.19. The highest BCUT2D eigenvalue weighted by atomic mass is 16.5. The maximum atomic E-state index is 12.0. The molecule has 0 bridgehead atoms. The van der Waals surface area contributed by atoms with Gasteiger partial charge in [0, 0.05) is 26.8 Å². The van der Waals surface area contributed by atoms with Crippen molar-refractivity contribution in [3.05, 3.63) is 11.9 Å². The molecule has 0 fully saturated rings. The Hall–Kier alpha value is -1.89. The number of rotatable bonds is 8. The summed E-state index contributed by atoms with van der Waals surface area (Å²) in [6.07, 6.45) is 0. The van der Waals surface area contributed by atoms with Crippen LogP contribution in [0, 0.1) is 5.92 Å². The van der Waals surface area contributed by atoms with Crippen LogP contribution in [0.5, 0.6) is 0 Å². The van der Waals surface area contributed by atoms with E-state index in [0.29, 0.717) is 36.5 Å². The first-order valence-corrected chi connectivity index (χ1v) is 7.05. The molecule has 1 unspecified atom stereocenters. The molecule has 7 nitrogen and oxygen atoms in total. The fourth-order valence-electron chi connectivity index (χ4n) is 1.64. The Morgan fingerprint density at radius 1 is 1.29 bits per heavy atom. The Bertz CT molecular complexity index is 465. The number of nitrogens with zero attached hydrogens (tertiary/aromatic N) is 2. The number of nitrogens with one attached hydrogen (secondary N) is 3. The zero-order chi connectivity index (χ0) is 15.8. The van der Waals surface area contributed by atoms with Crippen LogP contribution in [0.2, 0.25) is 0 Å². The molecule has 21 heavy (non-hydrogen) atoms. The smallest absolute Gasteiger partial charge is 0.242 e. The molecule has 0 aliphatic carbocycles. The van der Waals surface area contributed by atoms with Gasteiger partial charge in [-0.1, -0.05) is 13.8 Å². The van der Waals surface area contributed by atoms with Crippen molar-refractivity contribution in [1.29, 1.82) is 0 Å². The van der Waals surface area contributed by atoms with Gasteiger partial charge in [-0.15, -0.1) is 0 Å². The van der Waals surface area contributed by atoms with Crippen molar-refractivity contribution < 1.29 is 9.53 Å². The second-order valence-corrected chi connectivity index (χ2v) is 5.24. The molecule has 0 aliphatic heterocycles. The predicted octanol–water partition coefficient (Wildman–Crippen LogP) is 1.24. The van der Waals surface area contributed by atoms with E-state index in [4.69, 9.17) is 4.74 Å². The molecular formula is C14H25N5O2. The molecule has 0 saturated heterocycles. The van der Waals surface area contributed by atoms with Gasteiger partial charge in [-0.3, -0.25) is 4.79 Å². The van der Waals surface area contributed by atoms with Gasteiger partial charge < -0.3 is 20.7 Å². The summed E-state index contributed by atoms with van der Waals surface area (Å²) in [6.45, 7) is 6.88. The lowest BCUT2D eigenvalue weighted by molar-refractivity contribution is -0.121. The second-order valence-electron chi connectivity index (χ2n) is 5.24. The summed E-state index contributed by atoms with van der Waals surface area (Å²) in [6, 6.07) is 1.38. The fourth-order valence-corrected chi connectivity index (χ4v) is 1.64. The highest BCUT2D eigenvalue weighted by molar-refractivity contribution is 5.83. The molecule has 118 valence electrons. The van der Waals surface area contributed by atoms with Crippen molar-refractivity contribution in [2.75, 3.05) is 31.3 Å². The monoisotopic (exact) mass is 295 g/mol. The average Bonchev–Trinajstić information content (AvgIpc) is 2.44. The van der Waals surface area contributed by atoms with E-state index in [1.165, 1.54) is 0 Å². The van der Waals surface area contributed by atoms with E-state index in [9.17, 15) is 4.79 Å². The molecule has 1 amide bonds. The first-order chi connectivity index (χ1) is 9.96. The summed E-state index contributed by atoms with van der Waals surface area (Å²) >= 11 is 0. The van der Waals surface area contributed by atoms with Gasteiger partial charge >= 0.3 is 0 Å². The van der Waals surface area contributed by atoms with Crippen molar-refractivity contribution in [2.45, 2.75) is 33.4 Å². The molecule has 0 saturated carbocycles. The van der Waals surface area contributed by atoms with Crippen LogP contribution >= 0.6 is 0 Å². The number of amides is 1. The summed E-state index contributed by atoms with van der Waals surface area (Å²) in [7, 11) is 3.37. The molecule has 1 heterocycles. The molecule has 1 atom stereocenters. The third-order valence-corrected chi connectivity index (χ3v) is 2.74. The third kappa shape index (κ3) is 5.95. The summed E-state index contributed by atoms with van der Waals surface area (Å²) in [4.78, 5) is 20.5. The maximum absolute atomic E-state index is 12.0. The van der Waals surface area contributed by atoms with Gasteiger partial charge in [-0.2, -0.15) is 0 Å². The minimum atomic E-state index is -0.376. The lowest BCUT2D eigenvalue weighted by Crippen LogP contribution is -2.39. The number of hydrogen-bond donors (Lipinski definition) is 3. The first kappa shape index (κ1) is 17.2. The minimum absolute atomic E-state index is 0.0541. The summed E-state index contributed by atoms with van der Waals surface area (Å²) in [5, 5.41) is 8.93. The standard InChI is InChI=1S/C14H25N5O2/c1-9(2)7-16-14(20)10(3)17-12-6-11(15-4)18-13(19-12)8-21-5/h6,9-10H,7-8H2,1-5H3,(H,16,20)(H2,15,17,18,19). The highest BCUT2D eigenvalue weighted by Gasteiger charge is 2.14. The lowest BCUT2D eigenvalue weighted by Gasteiger charge is -2.16. The van der Waals surface area contributed by atoms with Gasteiger partial charge in [-0.05, 0) is 12.8 Å². The van der Waals surface area contributed by atoms with Crippen molar-refractivity contribution in [1.82, 2.24) is 15.3 Å². The van der Waals surface area contributed by atoms with Crippen molar-refractivity contribution >= 4 is 17.5 Å². The highest BCUT2D eigenvalue weighted by Crippen LogP contribution is 2.12. The van der Waals surface area contributed by atoms with Crippen LogP contribution in [0.15, 0.2) is 6.07 Å². The molecule has 0 aromatic carbocycles. The zero-order valence-electron chi connectivity index (χ0n) is 13.4. The number of aromatic nitrogens is 2. The summed E-state index contributed by atoms with van der Waals surface area (Å²) < 4.78 is 5.04. The first-order valence-electron chi connectivity index (χ1n) is 7.05. The normalized spacial score (nSPS) is 12.1. The van der Waals surface area contributed by atoms with E-state index in [1.54, 1.807) is 27.1 Å². The second kappa shape index (κ2) is 8.41. The van der Waals surface area contributed by atoms with Crippen LogP contribution in [0.1, 0.15) is 26.6 Å². The molecule has 3 N–H and O–H groups in total. The van der Waals surface area contributed by atoms with E-state index in [2.05, 4.69) is 39.8 Å². The van der Waals surface area contributed by atoms with Gasteiger partial charge in [0.2, 0.25) is 5.91 Å². The van der Waals surface area contributed by atoms with Crippen molar-refractivity contribution in [3.8, 4) is 0 Å². The molecule has 1 aromatic rings. The minimum Gasteiger partial charge on any atom is -0.377 e. The van der Waals surface area contributed by atoms with Gasteiger partial charge in [0.1, 0.15) is 24.3 Å². The zero-order valence-corrected chi connectivity index (χ0v) is 13.4. The average molecular weight is 295 g/mol. The van der Waals surface area contributed by atoms with E-state index >= 15 is 0 Å². The number of ether oxygens (including phenoxy) is 1. The van der Waals surface area contributed by atoms with Crippen LogP contribution in [0.3, 0.4) is 0 Å².